The van der Waals surface area contributed by atoms with Gasteiger partial charge in [0.25, 0.3) is 0 Å². The number of aromatic nitrogens is 3. The summed E-state index contributed by atoms with van der Waals surface area (Å²) in [4.78, 5) is 12.9. The molecule has 0 radical (unpaired) electrons. The second-order valence-corrected chi connectivity index (χ2v) is 8.51. The standard InChI is InChI=1S/C20H25N3OS/c1-11-9-12(2)14(4)18(13(11)3)17(24)10-25-20-22-21-19(15-5-6-15)23(20)16-7-8-16/h9,15-16H,5-8,10H2,1-4H3. The van der Waals surface area contributed by atoms with E-state index in [1.54, 1.807) is 11.8 Å². The van der Waals surface area contributed by atoms with Crippen LogP contribution in [0.5, 0.6) is 0 Å². The lowest BCUT2D eigenvalue weighted by Gasteiger charge is -2.14. The molecule has 0 spiro atoms. The Kier molecular flexibility index (Phi) is 4.22. The van der Waals surface area contributed by atoms with E-state index in [1.165, 1.54) is 36.8 Å². The minimum absolute atomic E-state index is 0.199. The molecule has 4 nitrogen and oxygen atoms in total. The van der Waals surface area contributed by atoms with E-state index in [9.17, 15) is 4.79 Å². The number of thioether (sulfide) groups is 1. The first-order valence-corrected chi connectivity index (χ1v) is 10.1. The van der Waals surface area contributed by atoms with Gasteiger partial charge in [-0.15, -0.1) is 10.2 Å². The van der Waals surface area contributed by atoms with Crippen LogP contribution in [-0.2, 0) is 0 Å². The molecule has 0 saturated heterocycles. The van der Waals surface area contributed by atoms with Gasteiger partial charge in [0.2, 0.25) is 0 Å². The molecule has 2 saturated carbocycles. The summed E-state index contributed by atoms with van der Waals surface area (Å²) < 4.78 is 2.32. The van der Waals surface area contributed by atoms with Gasteiger partial charge in [0, 0.05) is 17.5 Å². The van der Waals surface area contributed by atoms with E-state index in [0.717, 1.165) is 27.7 Å². The zero-order valence-corrected chi connectivity index (χ0v) is 16.2. The number of carbonyl (C=O) groups excluding carboxylic acids is 1. The zero-order valence-electron chi connectivity index (χ0n) is 15.4. The molecule has 0 aliphatic heterocycles. The van der Waals surface area contributed by atoms with Crippen molar-refractivity contribution in [2.45, 2.75) is 70.5 Å². The molecule has 132 valence electrons. The Morgan fingerprint density at radius 3 is 2.28 bits per heavy atom. The Morgan fingerprint density at radius 2 is 1.72 bits per heavy atom. The third kappa shape index (κ3) is 3.14. The van der Waals surface area contributed by atoms with E-state index < -0.39 is 0 Å². The molecule has 5 heteroatoms. The number of rotatable bonds is 6. The summed E-state index contributed by atoms with van der Waals surface area (Å²) in [7, 11) is 0. The van der Waals surface area contributed by atoms with Gasteiger partial charge in [0.15, 0.2) is 10.9 Å². The van der Waals surface area contributed by atoms with E-state index >= 15 is 0 Å². The average Bonchev–Trinajstić information content (AvgIpc) is 3.50. The van der Waals surface area contributed by atoms with Crippen molar-refractivity contribution in [3.05, 3.63) is 39.7 Å². The lowest BCUT2D eigenvalue weighted by Crippen LogP contribution is -2.11. The highest BCUT2D eigenvalue weighted by Crippen LogP contribution is 2.46. The third-order valence-electron chi connectivity index (χ3n) is 5.52. The molecular formula is C20H25N3OS. The van der Waals surface area contributed by atoms with Gasteiger partial charge in [-0.25, -0.2) is 0 Å². The quantitative estimate of drug-likeness (QED) is 0.557. The molecule has 2 fully saturated rings. The highest BCUT2D eigenvalue weighted by molar-refractivity contribution is 7.99. The fourth-order valence-corrected chi connectivity index (χ4v) is 4.40. The van der Waals surface area contributed by atoms with Gasteiger partial charge in [0.05, 0.1) is 5.75 Å². The fourth-order valence-electron chi connectivity index (χ4n) is 3.52. The Morgan fingerprint density at radius 1 is 1.08 bits per heavy atom. The highest BCUT2D eigenvalue weighted by Gasteiger charge is 2.36. The lowest BCUT2D eigenvalue weighted by atomic mass is 9.92. The zero-order chi connectivity index (χ0) is 17.7. The molecule has 25 heavy (non-hydrogen) atoms. The van der Waals surface area contributed by atoms with Crippen LogP contribution >= 0.6 is 11.8 Å². The maximum Gasteiger partial charge on any atom is 0.191 e. The van der Waals surface area contributed by atoms with Crippen molar-refractivity contribution in [3.8, 4) is 0 Å². The van der Waals surface area contributed by atoms with Crippen LogP contribution in [0.2, 0.25) is 0 Å². The lowest BCUT2D eigenvalue weighted by molar-refractivity contribution is 0.102. The van der Waals surface area contributed by atoms with E-state index in [2.05, 4.69) is 48.5 Å². The Hall–Kier alpha value is -1.62. The topological polar surface area (TPSA) is 47.8 Å². The van der Waals surface area contributed by atoms with Crippen molar-refractivity contribution in [2.75, 3.05) is 5.75 Å². The minimum Gasteiger partial charge on any atom is -0.303 e. The highest BCUT2D eigenvalue weighted by atomic mass is 32.2. The van der Waals surface area contributed by atoms with Gasteiger partial charge in [0.1, 0.15) is 5.82 Å². The molecule has 0 N–H and O–H groups in total. The third-order valence-corrected chi connectivity index (χ3v) is 6.47. The number of ketones is 1. The van der Waals surface area contributed by atoms with Crippen LogP contribution in [-0.4, -0.2) is 26.3 Å². The smallest absolute Gasteiger partial charge is 0.191 e. The first kappa shape index (κ1) is 16.8. The summed E-state index contributed by atoms with van der Waals surface area (Å²) in [5.41, 5.74) is 5.49. The van der Waals surface area contributed by atoms with E-state index in [0.29, 0.717) is 17.7 Å². The number of hydrogen-bond acceptors (Lipinski definition) is 4. The van der Waals surface area contributed by atoms with Crippen LogP contribution in [0.15, 0.2) is 11.2 Å². The van der Waals surface area contributed by atoms with Crippen molar-refractivity contribution >= 4 is 17.5 Å². The van der Waals surface area contributed by atoms with Gasteiger partial charge < -0.3 is 4.57 Å². The second-order valence-electron chi connectivity index (χ2n) is 7.56. The first-order valence-electron chi connectivity index (χ1n) is 9.15. The van der Waals surface area contributed by atoms with Crippen molar-refractivity contribution in [1.29, 1.82) is 0 Å². The molecule has 0 atom stereocenters. The second kappa shape index (κ2) is 6.27. The maximum absolute atomic E-state index is 12.9. The van der Waals surface area contributed by atoms with Crippen molar-refractivity contribution in [1.82, 2.24) is 14.8 Å². The molecular weight excluding hydrogens is 330 g/mol. The van der Waals surface area contributed by atoms with Crippen LogP contribution in [0.3, 0.4) is 0 Å². The fraction of sp³-hybridized carbons (Fsp3) is 0.550. The van der Waals surface area contributed by atoms with Gasteiger partial charge in [-0.05, 0) is 75.6 Å². The van der Waals surface area contributed by atoms with Crippen LogP contribution < -0.4 is 0 Å². The molecule has 2 aliphatic rings. The van der Waals surface area contributed by atoms with Gasteiger partial charge in [-0.3, -0.25) is 4.79 Å². The minimum atomic E-state index is 0.199. The number of aryl methyl sites for hydroxylation is 2. The Balaban J connectivity index is 1.56. The van der Waals surface area contributed by atoms with E-state index in [1.807, 2.05) is 0 Å². The summed E-state index contributed by atoms with van der Waals surface area (Å²) in [6.45, 7) is 8.27. The number of Topliss-reactive ketones (excluding diaryl/α,β-unsaturated/α-hetero) is 1. The van der Waals surface area contributed by atoms with Crippen LogP contribution in [0, 0.1) is 27.7 Å². The molecule has 0 unspecified atom stereocenters. The van der Waals surface area contributed by atoms with Crippen LogP contribution in [0.4, 0.5) is 0 Å². The number of benzene rings is 1. The number of nitrogens with zero attached hydrogens (tertiary/aromatic N) is 3. The molecule has 2 aliphatic carbocycles. The Bertz CT molecular complexity index is 821. The molecule has 1 heterocycles. The average molecular weight is 356 g/mol. The van der Waals surface area contributed by atoms with Crippen molar-refractivity contribution < 1.29 is 4.79 Å². The largest absolute Gasteiger partial charge is 0.303 e. The molecule has 0 bridgehead atoms. The van der Waals surface area contributed by atoms with Gasteiger partial charge in [-0.1, -0.05) is 17.8 Å². The normalized spacial score (nSPS) is 17.1. The van der Waals surface area contributed by atoms with Gasteiger partial charge in [-0.2, -0.15) is 0 Å². The predicted octanol–water partition coefficient (Wildman–Crippen LogP) is 4.70. The first-order chi connectivity index (χ1) is 12.0. The summed E-state index contributed by atoms with van der Waals surface area (Å²) in [5.74, 6) is 2.38. The Labute approximate surface area is 153 Å². The SMILES string of the molecule is Cc1cc(C)c(C)c(C(=O)CSc2nnc(C3CC3)n2C2CC2)c1C. The predicted molar refractivity (Wildman–Crippen MR) is 101 cm³/mol. The summed E-state index contributed by atoms with van der Waals surface area (Å²) in [5, 5.41) is 9.77. The van der Waals surface area contributed by atoms with E-state index in [4.69, 9.17) is 0 Å². The van der Waals surface area contributed by atoms with E-state index in [-0.39, 0.29) is 5.78 Å². The maximum atomic E-state index is 12.9. The monoisotopic (exact) mass is 355 g/mol. The number of carbonyl (C=O) groups is 1. The van der Waals surface area contributed by atoms with Crippen LogP contribution in [0.25, 0.3) is 0 Å². The van der Waals surface area contributed by atoms with Gasteiger partial charge >= 0.3 is 0 Å². The summed E-state index contributed by atoms with van der Waals surface area (Å²) in [6.07, 6.45) is 4.90. The molecule has 1 aromatic heterocycles. The van der Waals surface area contributed by atoms with Crippen molar-refractivity contribution in [2.24, 2.45) is 0 Å². The molecule has 4 rings (SSSR count). The summed E-state index contributed by atoms with van der Waals surface area (Å²) >= 11 is 1.55. The molecule has 0 amide bonds. The van der Waals surface area contributed by atoms with Crippen LogP contribution in [0.1, 0.15) is 76.1 Å². The summed E-state index contributed by atoms with van der Waals surface area (Å²) in [6, 6.07) is 2.73. The van der Waals surface area contributed by atoms with Crippen molar-refractivity contribution in [3.63, 3.8) is 0 Å². The number of hydrogen-bond donors (Lipinski definition) is 0. The molecule has 2 aromatic rings. The molecule has 1 aromatic carbocycles.